The van der Waals surface area contributed by atoms with Crippen LogP contribution in [0.2, 0.25) is 5.02 Å². The molecule has 2 nitrogen and oxygen atoms in total. The summed E-state index contributed by atoms with van der Waals surface area (Å²) in [7, 11) is 0. The molecule has 1 aliphatic rings. The van der Waals surface area contributed by atoms with Crippen LogP contribution in [0, 0.1) is 12.7 Å². The van der Waals surface area contributed by atoms with Gasteiger partial charge in [0, 0.05) is 11.6 Å². The number of hydrogen-bond donors (Lipinski definition) is 0. The topological polar surface area (TPSA) is 30.0 Å². The lowest BCUT2D eigenvalue weighted by atomic mass is 10.1. The number of halogens is 2. The van der Waals surface area contributed by atoms with Crippen LogP contribution < -0.4 is 0 Å². The summed E-state index contributed by atoms with van der Waals surface area (Å²) >= 11 is 5.74. The molecule has 2 rings (SSSR count). The smallest absolute Gasteiger partial charge is 0.160 e. The van der Waals surface area contributed by atoms with Crippen molar-refractivity contribution in [3.8, 4) is 0 Å². The molecule has 1 saturated carbocycles. The molecular formula is C11H13ClFNO. The summed E-state index contributed by atoms with van der Waals surface area (Å²) < 4.78 is 12.8. The molecule has 0 amide bonds. The van der Waals surface area contributed by atoms with Gasteiger partial charge in [0.1, 0.15) is 6.29 Å². The number of aromatic nitrogens is 1. The van der Waals surface area contributed by atoms with Crippen molar-refractivity contribution in [3.63, 3.8) is 0 Å². The fourth-order valence-corrected chi connectivity index (χ4v) is 1.49. The highest BCUT2D eigenvalue weighted by atomic mass is 35.5. The second-order valence-corrected chi connectivity index (χ2v) is 3.82. The molecule has 1 aromatic rings. The predicted octanol–water partition coefficient (Wildman–Crippen LogP) is 3.27. The van der Waals surface area contributed by atoms with Gasteiger partial charge in [-0.2, -0.15) is 0 Å². The molecule has 0 aromatic carbocycles. The van der Waals surface area contributed by atoms with Crippen molar-refractivity contribution in [3.05, 3.63) is 28.3 Å². The highest BCUT2D eigenvalue weighted by Crippen LogP contribution is 2.41. The molecule has 82 valence electrons. The summed E-state index contributed by atoms with van der Waals surface area (Å²) in [6.45, 7) is 3.27. The van der Waals surface area contributed by atoms with E-state index >= 15 is 0 Å². The SMILES string of the molecule is CC=O.Cc1c(C2CC2)ncc(F)c1Cl. The van der Waals surface area contributed by atoms with Gasteiger partial charge < -0.3 is 4.79 Å². The third-order valence-electron chi connectivity index (χ3n) is 2.20. The Morgan fingerprint density at radius 3 is 2.60 bits per heavy atom. The Bertz CT molecular complexity index is 364. The zero-order valence-electron chi connectivity index (χ0n) is 8.76. The van der Waals surface area contributed by atoms with E-state index in [-0.39, 0.29) is 5.02 Å². The van der Waals surface area contributed by atoms with Crippen LogP contribution in [0.3, 0.4) is 0 Å². The molecule has 15 heavy (non-hydrogen) atoms. The van der Waals surface area contributed by atoms with Crippen molar-refractivity contribution in [2.24, 2.45) is 0 Å². The molecular weight excluding hydrogens is 217 g/mol. The van der Waals surface area contributed by atoms with Gasteiger partial charge in [-0.3, -0.25) is 4.98 Å². The monoisotopic (exact) mass is 229 g/mol. The van der Waals surface area contributed by atoms with E-state index in [0.29, 0.717) is 5.92 Å². The molecule has 0 aliphatic heterocycles. The summed E-state index contributed by atoms with van der Waals surface area (Å²) in [5, 5.41) is 0.229. The van der Waals surface area contributed by atoms with Crippen LogP contribution in [0.1, 0.15) is 36.9 Å². The van der Waals surface area contributed by atoms with E-state index in [2.05, 4.69) is 4.98 Å². The van der Waals surface area contributed by atoms with Gasteiger partial charge in [-0.15, -0.1) is 0 Å². The maximum Gasteiger partial charge on any atom is 0.160 e. The first-order valence-electron chi connectivity index (χ1n) is 4.82. The van der Waals surface area contributed by atoms with Gasteiger partial charge in [-0.05, 0) is 32.3 Å². The lowest BCUT2D eigenvalue weighted by molar-refractivity contribution is -0.106. The van der Waals surface area contributed by atoms with E-state index in [1.807, 2.05) is 6.92 Å². The molecule has 0 spiro atoms. The van der Waals surface area contributed by atoms with Gasteiger partial charge in [-0.25, -0.2) is 4.39 Å². The minimum Gasteiger partial charge on any atom is -0.304 e. The van der Waals surface area contributed by atoms with Gasteiger partial charge >= 0.3 is 0 Å². The Labute approximate surface area is 93.5 Å². The molecule has 0 unspecified atom stereocenters. The van der Waals surface area contributed by atoms with Crippen molar-refractivity contribution in [2.45, 2.75) is 32.6 Å². The second-order valence-electron chi connectivity index (χ2n) is 3.44. The fraction of sp³-hybridized carbons (Fsp3) is 0.455. The zero-order chi connectivity index (χ0) is 11.4. The van der Waals surface area contributed by atoms with Crippen LogP contribution in [0.4, 0.5) is 4.39 Å². The standard InChI is InChI=1S/C9H9ClFN.C2H4O/c1-5-8(10)7(11)4-12-9(5)6-2-3-6;1-2-3/h4,6H,2-3H2,1H3;2H,1H3. The van der Waals surface area contributed by atoms with Crippen molar-refractivity contribution >= 4 is 17.9 Å². The highest BCUT2D eigenvalue weighted by molar-refractivity contribution is 6.31. The first-order valence-corrected chi connectivity index (χ1v) is 5.19. The molecule has 1 heterocycles. The summed E-state index contributed by atoms with van der Waals surface area (Å²) in [4.78, 5) is 12.8. The van der Waals surface area contributed by atoms with Crippen molar-refractivity contribution in [2.75, 3.05) is 0 Å². The Morgan fingerprint density at radius 2 is 2.13 bits per heavy atom. The number of aldehydes is 1. The van der Waals surface area contributed by atoms with Crippen LogP contribution in [-0.4, -0.2) is 11.3 Å². The lowest BCUT2D eigenvalue weighted by Gasteiger charge is -2.04. The molecule has 0 radical (unpaired) electrons. The predicted molar refractivity (Wildman–Crippen MR) is 57.7 cm³/mol. The maximum absolute atomic E-state index is 12.8. The minimum atomic E-state index is -0.418. The van der Waals surface area contributed by atoms with Gasteiger partial charge in [0.25, 0.3) is 0 Å². The van der Waals surface area contributed by atoms with E-state index in [0.717, 1.165) is 30.4 Å². The molecule has 1 aromatic heterocycles. The molecule has 0 bridgehead atoms. The van der Waals surface area contributed by atoms with Crippen LogP contribution in [0.15, 0.2) is 6.20 Å². The Kier molecular flexibility index (Phi) is 4.21. The summed E-state index contributed by atoms with van der Waals surface area (Å²) in [6, 6.07) is 0. The van der Waals surface area contributed by atoms with Crippen LogP contribution in [0.5, 0.6) is 0 Å². The number of nitrogens with zero attached hydrogens (tertiary/aromatic N) is 1. The van der Waals surface area contributed by atoms with E-state index in [9.17, 15) is 4.39 Å². The number of carbonyl (C=O) groups is 1. The third-order valence-corrected chi connectivity index (χ3v) is 2.67. The molecule has 0 N–H and O–H groups in total. The van der Waals surface area contributed by atoms with Gasteiger partial charge in [0.2, 0.25) is 0 Å². The van der Waals surface area contributed by atoms with Crippen molar-refractivity contribution < 1.29 is 9.18 Å². The third kappa shape index (κ3) is 2.99. The van der Waals surface area contributed by atoms with Gasteiger partial charge in [-0.1, -0.05) is 11.6 Å². The van der Waals surface area contributed by atoms with Crippen LogP contribution in [0.25, 0.3) is 0 Å². The van der Waals surface area contributed by atoms with E-state index in [1.54, 1.807) is 0 Å². The minimum absolute atomic E-state index is 0.229. The summed E-state index contributed by atoms with van der Waals surface area (Å²) in [6.07, 6.45) is 4.29. The zero-order valence-corrected chi connectivity index (χ0v) is 9.51. The number of pyridine rings is 1. The number of hydrogen-bond acceptors (Lipinski definition) is 2. The Hall–Kier alpha value is -0.960. The normalized spacial score (nSPS) is 14.1. The summed E-state index contributed by atoms with van der Waals surface area (Å²) in [5.41, 5.74) is 1.78. The summed E-state index contributed by atoms with van der Waals surface area (Å²) in [5.74, 6) is 0.113. The average molecular weight is 230 g/mol. The largest absolute Gasteiger partial charge is 0.304 e. The van der Waals surface area contributed by atoms with Gasteiger partial charge in [0.05, 0.1) is 11.2 Å². The van der Waals surface area contributed by atoms with Crippen molar-refractivity contribution in [1.82, 2.24) is 4.98 Å². The quantitative estimate of drug-likeness (QED) is 0.692. The molecule has 1 fully saturated rings. The molecule has 1 aliphatic carbocycles. The first kappa shape index (κ1) is 12.1. The van der Waals surface area contributed by atoms with E-state index in [1.165, 1.54) is 13.1 Å². The molecule has 0 saturated heterocycles. The Balaban J connectivity index is 0.000000337. The number of carbonyl (C=O) groups excluding carboxylic acids is 1. The van der Waals surface area contributed by atoms with E-state index < -0.39 is 5.82 Å². The molecule has 4 heteroatoms. The lowest BCUT2D eigenvalue weighted by Crippen LogP contribution is -1.94. The van der Waals surface area contributed by atoms with E-state index in [4.69, 9.17) is 16.4 Å². The van der Waals surface area contributed by atoms with Crippen LogP contribution >= 0.6 is 11.6 Å². The Morgan fingerprint density at radius 1 is 1.60 bits per heavy atom. The number of rotatable bonds is 1. The first-order chi connectivity index (χ1) is 7.11. The van der Waals surface area contributed by atoms with Gasteiger partial charge in [0.15, 0.2) is 5.82 Å². The average Bonchev–Trinajstić information content (AvgIpc) is 2.99. The van der Waals surface area contributed by atoms with Crippen LogP contribution in [-0.2, 0) is 4.79 Å². The second kappa shape index (κ2) is 5.21. The highest BCUT2D eigenvalue weighted by Gasteiger charge is 2.27. The fourth-order valence-electron chi connectivity index (χ4n) is 1.34. The van der Waals surface area contributed by atoms with Crippen molar-refractivity contribution in [1.29, 1.82) is 0 Å². The maximum atomic E-state index is 12.8. The molecule has 0 atom stereocenters.